The molecule has 0 atom stereocenters. The second-order valence-electron chi connectivity index (χ2n) is 4.73. The van der Waals surface area contributed by atoms with Crippen LogP contribution >= 0.6 is 27.7 Å². The molecule has 0 saturated heterocycles. The molecule has 0 amide bonds. The van der Waals surface area contributed by atoms with Crippen LogP contribution in [0.2, 0.25) is 0 Å². The summed E-state index contributed by atoms with van der Waals surface area (Å²) in [6.45, 7) is 0. The molecule has 0 fully saturated rings. The molecule has 0 N–H and O–H groups in total. The maximum atomic E-state index is 11.5. The first-order valence-electron chi connectivity index (χ1n) is 6.54. The molecule has 2 aromatic carbocycles. The number of rotatable bonds is 3. The summed E-state index contributed by atoms with van der Waals surface area (Å²) in [4.78, 5) is 17.2. The summed E-state index contributed by atoms with van der Waals surface area (Å²) in [5.41, 5.74) is 2.29. The molecule has 0 radical (unpaired) electrons. The van der Waals surface area contributed by atoms with Gasteiger partial charge in [-0.2, -0.15) is 0 Å². The summed E-state index contributed by atoms with van der Waals surface area (Å²) in [6.07, 6.45) is 2.01. The maximum absolute atomic E-state index is 11.5. The maximum Gasteiger partial charge on any atom is 0.0722 e. The van der Waals surface area contributed by atoms with E-state index in [1.807, 2.05) is 36.6 Å². The van der Waals surface area contributed by atoms with Gasteiger partial charge in [-0.3, -0.25) is 0 Å². The largest absolute Gasteiger partial charge is 0.545 e. The molecule has 5 heteroatoms. The molecular weight excluding hydrogens is 362 g/mol. The number of benzene rings is 2. The van der Waals surface area contributed by atoms with Crippen LogP contribution in [0.3, 0.4) is 0 Å². The van der Waals surface area contributed by atoms with Crippen molar-refractivity contribution in [2.45, 2.75) is 4.90 Å². The quantitative estimate of drug-likeness (QED) is 0.657. The lowest BCUT2D eigenvalue weighted by Gasteiger charge is -2.11. The lowest BCUT2D eigenvalue weighted by molar-refractivity contribution is -0.254. The highest BCUT2D eigenvalue weighted by Gasteiger charge is 2.09. The van der Waals surface area contributed by atoms with Crippen LogP contribution in [0, 0.1) is 0 Å². The minimum Gasteiger partial charge on any atom is -0.545 e. The summed E-state index contributed by atoms with van der Waals surface area (Å²) in [5.74, 6) is -1.20. The van der Waals surface area contributed by atoms with Crippen LogP contribution in [-0.2, 0) is 0 Å². The molecular formula is C17H11BrNO2S-. The van der Waals surface area contributed by atoms with Gasteiger partial charge in [-0.25, -0.2) is 4.98 Å². The van der Waals surface area contributed by atoms with E-state index in [1.54, 1.807) is 30.0 Å². The zero-order valence-corrected chi connectivity index (χ0v) is 14.1. The van der Waals surface area contributed by atoms with Crippen molar-refractivity contribution >= 4 is 44.6 Å². The third-order valence-corrected chi connectivity index (χ3v) is 4.61. The molecule has 0 aliphatic rings. The number of hydrogen-bond acceptors (Lipinski definition) is 4. The third-order valence-electron chi connectivity index (χ3n) is 3.38. The average Bonchev–Trinajstić information content (AvgIpc) is 2.53. The number of halogens is 1. The highest BCUT2D eigenvalue weighted by Crippen LogP contribution is 2.28. The second kappa shape index (κ2) is 6.10. The number of nitrogens with zero attached hydrogens (tertiary/aromatic N) is 1. The van der Waals surface area contributed by atoms with E-state index in [0.717, 1.165) is 14.9 Å². The molecule has 1 heterocycles. The van der Waals surface area contributed by atoms with Gasteiger partial charge >= 0.3 is 0 Å². The standard InChI is InChI=1S/C17H12BrNO2S/c1-22-12-5-2-10(3-6-12)16-9-14(17(20)21)13-8-11(18)4-7-15(13)19-16/h2-9H,1H3,(H,20,21)/p-1. The van der Waals surface area contributed by atoms with E-state index < -0.39 is 5.97 Å². The van der Waals surface area contributed by atoms with Crippen LogP contribution in [-0.4, -0.2) is 17.2 Å². The van der Waals surface area contributed by atoms with Crippen LogP contribution in [0.5, 0.6) is 0 Å². The number of carbonyl (C=O) groups is 1. The van der Waals surface area contributed by atoms with Crippen molar-refractivity contribution in [2.24, 2.45) is 0 Å². The van der Waals surface area contributed by atoms with Gasteiger partial charge in [0.25, 0.3) is 0 Å². The van der Waals surface area contributed by atoms with Gasteiger partial charge in [0.1, 0.15) is 0 Å². The molecule has 0 bridgehead atoms. The van der Waals surface area contributed by atoms with E-state index in [1.165, 1.54) is 0 Å². The van der Waals surface area contributed by atoms with Gasteiger partial charge in [0.15, 0.2) is 0 Å². The van der Waals surface area contributed by atoms with E-state index in [2.05, 4.69) is 20.9 Å². The highest BCUT2D eigenvalue weighted by molar-refractivity contribution is 9.10. The molecule has 22 heavy (non-hydrogen) atoms. The smallest absolute Gasteiger partial charge is 0.0722 e. The van der Waals surface area contributed by atoms with Crippen molar-refractivity contribution in [1.29, 1.82) is 0 Å². The summed E-state index contributed by atoms with van der Waals surface area (Å²) in [6, 6.07) is 14.8. The lowest BCUT2D eigenvalue weighted by Crippen LogP contribution is -2.22. The predicted molar refractivity (Wildman–Crippen MR) is 91.0 cm³/mol. The van der Waals surface area contributed by atoms with E-state index in [0.29, 0.717) is 16.6 Å². The van der Waals surface area contributed by atoms with Crippen LogP contribution in [0.1, 0.15) is 10.4 Å². The average molecular weight is 373 g/mol. The number of pyridine rings is 1. The third kappa shape index (κ3) is 2.87. The number of aromatic carboxylic acids is 1. The summed E-state index contributed by atoms with van der Waals surface area (Å²) < 4.78 is 0.807. The number of carbonyl (C=O) groups excluding carboxylic acids is 1. The normalized spacial score (nSPS) is 10.8. The Morgan fingerprint density at radius 3 is 2.50 bits per heavy atom. The summed E-state index contributed by atoms with van der Waals surface area (Å²) in [7, 11) is 0. The highest BCUT2D eigenvalue weighted by atomic mass is 79.9. The molecule has 1 aromatic heterocycles. The van der Waals surface area contributed by atoms with E-state index in [-0.39, 0.29) is 5.56 Å². The Labute approximate surface area is 140 Å². The number of hydrogen-bond donors (Lipinski definition) is 0. The molecule has 3 nitrogen and oxygen atoms in total. The van der Waals surface area contributed by atoms with Crippen molar-refractivity contribution < 1.29 is 9.90 Å². The minimum absolute atomic E-state index is 0.148. The van der Waals surface area contributed by atoms with Gasteiger partial charge in [-0.05, 0) is 42.7 Å². The first-order chi connectivity index (χ1) is 10.6. The Morgan fingerprint density at radius 2 is 1.86 bits per heavy atom. The van der Waals surface area contributed by atoms with Gasteiger partial charge in [0.2, 0.25) is 0 Å². The SMILES string of the molecule is CSc1ccc(-c2cc(C(=O)[O-])c3cc(Br)ccc3n2)cc1. The summed E-state index contributed by atoms with van der Waals surface area (Å²) >= 11 is 5.01. The van der Waals surface area contributed by atoms with E-state index in [9.17, 15) is 9.90 Å². The van der Waals surface area contributed by atoms with Crippen LogP contribution in [0.4, 0.5) is 0 Å². The lowest BCUT2D eigenvalue weighted by atomic mass is 10.0. The van der Waals surface area contributed by atoms with Gasteiger partial charge in [0, 0.05) is 25.9 Å². The molecule has 3 rings (SSSR count). The number of carboxylic acids is 1. The van der Waals surface area contributed by atoms with Crippen LogP contribution in [0.15, 0.2) is 57.9 Å². The Hall–Kier alpha value is -1.85. The van der Waals surface area contributed by atoms with Crippen molar-refractivity contribution in [1.82, 2.24) is 4.98 Å². The van der Waals surface area contributed by atoms with Gasteiger partial charge in [-0.1, -0.05) is 28.1 Å². The topological polar surface area (TPSA) is 53.0 Å². The first-order valence-corrected chi connectivity index (χ1v) is 8.56. The van der Waals surface area contributed by atoms with Crippen LogP contribution in [0.25, 0.3) is 22.2 Å². The van der Waals surface area contributed by atoms with Gasteiger partial charge in [-0.15, -0.1) is 11.8 Å². The predicted octanol–water partition coefficient (Wildman–Crippen LogP) is 3.75. The molecule has 0 spiro atoms. The first kappa shape index (κ1) is 15.1. The fourth-order valence-electron chi connectivity index (χ4n) is 2.28. The van der Waals surface area contributed by atoms with Crippen LogP contribution < -0.4 is 5.11 Å². The molecule has 110 valence electrons. The van der Waals surface area contributed by atoms with Gasteiger partial charge < -0.3 is 9.90 Å². The minimum atomic E-state index is -1.20. The van der Waals surface area contributed by atoms with E-state index in [4.69, 9.17) is 0 Å². The zero-order chi connectivity index (χ0) is 15.7. The second-order valence-corrected chi connectivity index (χ2v) is 6.53. The van der Waals surface area contributed by atoms with Crippen molar-refractivity contribution in [3.8, 4) is 11.3 Å². The molecule has 0 aliphatic heterocycles. The number of fused-ring (bicyclic) bond motifs is 1. The van der Waals surface area contributed by atoms with E-state index >= 15 is 0 Å². The number of thioether (sulfide) groups is 1. The zero-order valence-electron chi connectivity index (χ0n) is 11.7. The Balaban J connectivity index is 2.21. The molecule has 0 unspecified atom stereocenters. The fraction of sp³-hybridized carbons (Fsp3) is 0.0588. The monoisotopic (exact) mass is 372 g/mol. The fourth-order valence-corrected chi connectivity index (χ4v) is 3.05. The number of aromatic nitrogens is 1. The summed E-state index contributed by atoms with van der Waals surface area (Å²) in [5, 5.41) is 12.0. The van der Waals surface area contributed by atoms with Gasteiger partial charge in [0.05, 0.1) is 17.2 Å². The Morgan fingerprint density at radius 1 is 1.14 bits per heavy atom. The molecule has 0 aliphatic carbocycles. The Bertz CT molecular complexity index is 862. The Kier molecular flexibility index (Phi) is 4.18. The molecule has 0 saturated carbocycles. The van der Waals surface area contributed by atoms with Crippen molar-refractivity contribution in [3.05, 3.63) is 58.6 Å². The number of carboxylic acid groups (broad SMARTS) is 1. The van der Waals surface area contributed by atoms with Crippen molar-refractivity contribution in [3.63, 3.8) is 0 Å². The van der Waals surface area contributed by atoms with Crippen molar-refractivity contribution in [2.75, 3.05) is 6.26 Å². The molecule has 3 aromatic rings.